The van der Waals surface area contributed by atoms with Crippen molar-refractivity contribution in [1.29, 1.82) is 0 Å². The summed E-state index contributed by atoms with van der Waals surface area (Å²) in [7, 11) is 0. The number of hydrogen-bond donors (Lipinski definition) is 0. The molecule has 0 aromatic heterocycles. The molecule has 0 aromatic rings. The van der Waals surface area contributed by atoms with Crippen molar-refractivity contribution in [2.24, 2.45) is 0 Å². The van der Waals surface area contributed by atoms with Crippen molar-refractivity contribution in [3.63, 3.8) is 0 Å². The molecule has 0 bridgehead atoms. The lowest BCUT2D eigenvalue weighted by atomic mass is 10.2. The highest BCUT2D eigenvalue weighted by Crippen LogP contribution is 2.38. The van der Waals surface area contributed by atoms with E-state index in [2.05, 4.69) is 14.2 Å². The molecular formula is C9H8F12O3. The van der Waals surface area contributed by atoms with Gasteiger partial charge >= 0.3 is 24.6 Å². The van der Waals surface area contributed by atoms with Crippen LogP contribution in [0.5, 0.6) is 0 Å². The normalized spacial score (nSPS) is 18.4. The molecule has 0 saturated carbocycles. The first-order chi connectivity index (χ1) is 10.4. The zero-order valence-electron chi connectivity index (χ0n) is 11.2. The SMILES string of the molecule is CC(F)(F)OC(F)(F)C(F)C(OCOC(F)C(F)(F)F)C(F)(F)F. The van der Waals surface area contributed by atoms with Gasteiger partial charge in [0, 0.05) is 6.92 Å². The molecule has 0 spiro atoms. The van der Waals surface area contributed by atoms with Crippen LogP contribution >= 0.6 is 0 Å². The Balaban J connectivity index is 5.03. The maximum Gasteiger partial charge on any atom is 0.445 e. The van der Waals surface area contributed by atoms with Crippen molar-refractivity contribution < 1.29 is 66.9 Å². The van der Waals surface area contributed by atoms with Gasteiger partial charge in [-0.1, -0.05) is 0 Å². The summed E-state index contributed by atoms with van der Waals surface area (Å²) in [6.07, 6.45) is -35.2. The smallest absolute Gasteiger partial charge is 0.339 e. The monoisotopic (exact) mass is 392 g/mol. The fraction of sp³-hybridized carbons (Fsp3) is 1.00. The van der Waals surface area contributed by atoms with Crippen LogP contribution in [0.1, 0.15) is 6.92 Å². The van der Waals surface area contributed by atoms with Crippen LogP contribution in [0.4, 0.5) is 52.7 Å². The summed E-state index contributed by atoms with van der Waals surface area (Å²) in [5.74, 6) is 0. The van der Waals surface area contributed by atoms with Crippen molar-refractivity contribution in [3.05, 3.63) is 0 Å². The number of ether oxygens (including phenoxy) is 3. The summed E-state index contributed by atoms with van der Waals surface area (Å²) in [4.78, 5) is 0. The van der Waals surface area contributed by atoms with E-state index in [0.29, 0.717) is 0 Å². The van der Waals surface area contributed by atoms with Crippen LogP contribution in [0.3, 0.4) is 0 Å². The standard InChI is InChI=1S/C9H8F12O3/c1-6(12,13)24-9(20,21)3(10)4(7(14,15)16)22-2-23-5(11)8(17,18)19/h3-5H,2H2,1H3. The largest absolute Gasteiger partial charge is 0.445 e. The molecule has 0 aliphatic rings. The van der Waals surface area contributed by atoms with Crippen LogP contribution in [0.25, 0.3) is 0 Å². The van der Waals surface area contributed by atoms with Crippen LogP contribution in [0, 0.1) is 0 Å². The zero-order chi connectivity index (χ0) is 19.6. The first-order valence-electron chi connectivity index (χ1n) is 5.48. The lowest BCUT2D eigenvalue weighted by Gasteiger charge is -2.30. The summed E-state index contributed by atoms with van der Waals surface area (Å²) in [5.41, 5.74) is 0. The van der Waals surface area contributed by atoms with Crippen molar-refractivity contribution in [1.82, 2.24) is 0 Å². The van der Waals surface area contributed by atoms with E-state index < -0.39 is 50.0 Å². The van der Waals surface area contributed by atoms with E-state index in [1.165, 1.54) is 0 Å². The van der Waals surface area contributed by atoms with Gasteiger partial charge in [0.05, 0.1) is 0 Å². The molecule has 0 aliphatic heterocycles. The highest BCUT2D eigenvalue weighted by molar-refractivity contribution is 4.83. The molecule has 24 heavy (non-hydrogen) atoms. The maximum atomic E-state index is 13.2. The molecule has 0 aliphatic carbocycles. The molecule has 0 rings (SSSR count). The summed E-state index contributed by atoms with van der Waals surface area (Å²) < 4.78 is 157. The molecule has 0 fully saturated rings. The Morgan fingerprint density at radius 2 is 1.21 bits per heavy atom. The molecule has 15 heteroatoms. The highest BCUT2D eigenvalue weighted by Gasteiger charge is 2.60. The predicted molar refractivity (Wildman–Crippen MR) is 49.4 cm³/mol. The van der Waals surface area contributed by atoms with Gasteiger partial charge in [0.1, 0.15) is 0 Å². The van der Waals surface area contributed by atoms with Crippen LogP contribution in [0.15, 0.2) is 0 Å². The van der Waals surface area contributed by atoms with Gasteiger partial charge in [-0.15, -0.1) is 0 Å². The molecule has 3 unspecified atom stereocenters. The van der Waals surface area contributed by atoms with E-state index in [4.69, 9.17) is 0 Å². The Hall–Kier alpha value is -0.960. The Morgan fingerprint density at radius 3 is 1.54 bits per heavy atom. The Labute approximate surface area is 125 Å². The molecule has 0 amide bonds. The third-order valence-electron chi connectivity index (χ3n) is 1.94. The zero-order valence-corrected chi connectivity index (χ0v) is 11.2. The molecule has 0 heterocycles. The molecule has 0 radical (unpaired) electrons. The van der Waals surface area contributed by atoms with Crippen molar-refractivity contribution >= 4 is 0 Å². The van der Waals surface area contributed by atoms with Crippen molar-refractivity contribution in [2.75, 3.05) is 6.79 Å². The van der Waals surface area contributed by atoms with E-state index in [1.807, 2.05) is 0 Å². The minimum absolute atomic E-state index is 0.336. The van der Waals surface area contributed by atoms with Crippen LogP contribution < -0.4 is 0 Å². The summed E-state index contributed by atoms with van der Waals surface area (Å²) in [6.45, 7) is -2.60. The first kappa shape index (κ1) is 23.0. The lowest BCUT2D eigenvalue weighted by Crippen LogP contribution is -2.52. The van der Waals surface area contributed by atoms with E-state index >= 15 is 0 Å². The van der Waals surface area contributed by atoms with Gasteiger partial charge < -0.3 is 9.47 Å². The van der Waals surface area contributed by atoms with Crippen molar-refractivity contribution in [3.8, 4) is 0 Å². The summed E-state index contributed by atoms with van der Waals surface area (Å²) in [5, 5.41) is 0. The second-order valence-corrected chi connectivity index (χ2v) is 4.14. The number of rotatable bonds is 8. The summed E-state index contributed by atoms with van der Waals surface area (Å²) in [6, 6.07) is 0. The first-order valence-corrected chi connectivity index (χ1v) is 5.48. The van der Waals surface area contributed by atoms with E-state index in [-0.39, 0.29) is 6.92 Å². The van der Waals surface area contributed by atoms with Gasteiger partial charge in [-0.2, -0.15) is 43.9 Å². The molecule has 0 aromatic carbocycles. The number of hydrogen-bond acceptors (Lipinski definition) is 3. The van der Waals surface area contributed by atoms with Crippen molar-refractivity contribution in [2.45, 2.75) is 50.1 Å². The maximum absolute atomic E-state index is 13.2. The Kier molecular flexibility index (Phi) is 7.21. The number of alkyl halides is 12. The molecular weight excluding hydrogens is 384 g/mol. The Morgan fingerprint density at radius 1 is 0.750 bits per heavy atom. The van der Waals surface area contributed by atoms with Gasteiger partial charge in [0.2, 0.25) is 6.17 Å². The average Bonchev–Trinajstić information content (AvgIpc) is 2.27. The topological polar surface area (TPSA) is 27.7 Å². The van der Waals surface area contributed by atoms with Crippen LogP contribution in [0.2, 0.25) is 0 Å². The third kappa shape index (κ3) is 7.74. The van der Waals surface area contributed by atoms with Crippen LogP contribution in [-0.2, 0) is 14.2 Å². The second kappa shape index (κ2) is 7.51. The second-order valence-electron chi connectivity index (χ2n) is 4.14. The molecule has 0 N–H and O–H groups in total. The minimum Gasteiger partial charge on any atom is -0.339 e. The molecule has 3 nitrogen and oxygen atoms in total. The third-order valence-corrected chi connectivity index (χ3v) is 1.94. The fourth-order valence-electron chi connectivity index (χ4n) is 1.08. The highest BCUT2D eigenvalue weighted by atomic mass is 19.4. The number of halogens is 12. The predicted octanol–water partition coefficient (Wildman–Crippen LogP) is 4.33. The fourth-order valence-corrected chi connectivity index (χ4v) is 1.08. The van der Waals surface area contributed by atoms with Gasteiger partial charge in [-0.25, -0.2) is 8.78 Å². The van der Waals surface area contributed by atoms with Gasteiger partial charge in [-0.05, 0) is 0 Å². The van der Waals surface area contributed by atoms with Gasteiger partial charge in [0.15, 0.2) is 12.9 Å². The average molecular weight is 392 g/mol. The molecule has 3 atom stereocenters. The van der Waals surface area contributed by atoms with E-state index in [1.54, 1.807) is 0 Å². The van der Waals surface area contributed by atoms with E-state index in [0.717, 1.165) is 0 Å². The Bertz CT molecular complexity index is 387. The van der Waals surface area contributed by atoms with Crippen LogP contribution in [-0.4, -0.2) is 50.0 Å². The summed E-state index contributed by atoms with van der Waals surface area (Å²) >= 11 is 0. The minimum atomic E-state index is -6.00. The van der Waals surface area contributed by atoms with Gasteiger partial charge in [-0.3, -0.25) is 4.74 Å². The lowest BCUT2D eigenvalue weighted by molar-refractivity contribution is -0.406. The van der Waals surface area contributed by atoms with E-state index in [9.17, 15) is 52.7 Å². The van der Waals surface area contributed by atoms with Gasteiger partial charge in [0.25, 0.3) is 6.36 Å². The molecule has 0 saturated heterocycles. The quantitative estimate of drug-likeness (QED) is 0.455. The molecule has 146 valence electrons.